The topological polar surface area (TPSA) is 85.5 Å². The zero-order chi connectivity index (χ0) is 18.4. The summed E-state index contributed by atoms with van der Waals surface area (Å²) in [6.07, 6.45) is 4.63. The number of carbonyl (C=O) groups excluding carboxylic acids is 2. The smallest absolute Gasteiger partial charge is 0.259 e. The summed E-state index contributed by atoms with van der Waals surface area (Å²) in [6.45, 7) is 1.33. The van der Waals surface area contributed by atoms with Crippen LogP contribution in [0, 0.1) is 5.92 Å². The quantitative estimate of drug-likeness (QED) is 0.865. The van der Waals surface area contributed by atoms with Crippen molar-refractivity contribution in [1.29, 1.82) is 0 Å². The number of piperidine rings is 1. The Morgan fingerprint density at radius 1 is 1.19 bits per heavy atom. The maximum atomic E-state index is 13.0. The fraction of sp³-hybridized carbons (Fsp3) is 0.350. The highest BCUT2D eigenvalue weighted by molar-refractivity contribution is 5.96. The van der Waals surface area contributed by atoms with Crippen LogP contribution in [-0.4, -0.2) is 34.8 Å². The number of aromatic nitrogens is 1. The van der Waals surface area contributed by atoms with Crippen LogP contribution in [0.2, 0.25) is 0 Å². The van der Waals surface area contributed by atoms with Gasteiger partial charge >= 0.3 is 0 Å². The Morgan fingerprint density at radius 2 is 2.00 bits per heavy atom. The van der Waals surface area contributed by atoms with Crippen molar-refractivity contribution in [2.75, 3.05) is 13.1 Å². The molecule has 26 heavy (non-hydrogen) atoms. The number of ether oxygens (including phenoxy) is 1. The number of carbonyl (C=O) groups is 2. The normalized spacial score (nSPS) is 16.9. The molecule has 1 unspecified atom stereocenters. The van der Waals surface area contributed by atoms with E-state index >= 15 is 0 Å². The van der Waals surface area contributed by atoms with Crippen LogP contribution in [0.4, 0.5) is 0 Å². The number of likely N-dealkylation sites (tertiary alicyclic amines) is 1. The van der Waals surface area contributed by atoms with Gasteiger partial charge in [0, 0.05) is 25.7 Å². The van der Waals surface area contributed by atoms with Crippen LogP contribution < -0.4 is 10.5 Å². The zero-order valence-electron chi connectivity index (χ0n) is 14.6. The first-order valence-electron chi connectivity index (χ1n) is 8.89. The third kappa shape index (κ3) is 4.59. The molecule has 1 atom stereocenters. The van der Waals surface area contributed by atoms with Gasteiger partial charge < -0.3 is 15.4 Å². The highest BCUT2D eigenvalue weighted by Gasteiger charge is 2.27. The van der Waals surface area contributed by atoms with E-state index in [2.05, 4.69) is 4.98 Å². The van der Waals surface area contributed by atoms with Crippen molar-refractivity contribution in [3.63, 3.8) is 0 Å². The van der Waals surface area contributed by atoms with Gasteiger partial charge in [0.2, 0.25) is 11.8 Å². The molecule has 2 aromatic rings. The van der Waals surface area contributed by atoms with Gasteiger partial charge in [-0.2, -0.15) is 0 Å². The maximum Gasteiger partial charge on any atom is 0.259 e. The van der Waals surface area contributed by atoms with Crippen molar-refractivity contribution in [1.82, 2.24) is 9.88 Å². The zero-order valence-corrected chi connectivity index (χ0v) is 14.6. The lowest BCUT2D eigenvalue weighted by atomic mass is 9.93. The highest BCUT2D eigenvalue weighted by atomic mass is 16.5. The number of rotatable bonds is 6. The predicted molar refractivity (Wildman–Crippen MR) is 97.8 cm³/mol. The van der Waals surface area contributed by atoms with Crippen molar-refractivity contribution in [3.8, 4) is 11.6 Å². The number of hydrogen-bond donors (Lipinski definition) is 1. The lowest BCUT2D eigenvalue weighted by Crippen LogP contribution is -2.40. The molecular weight excluding hydrogens is 330 g/mol. The van der Waals surface area contributed by atoms with Gasteiger partial charge in [0.15, 0.2) is 0 Å². The summed E-state index contributed by atoms with van der Waals surface area (Å²) in [4.78, 5) is 30.1. The van der Waals surface area contributed by atoms with Crippen LogP contribution in [0.3, 0.4) is 0 Å². The Bertz CT molecular complexity index is 764. The van der Waals surface area contributed by atoms with Gasteiger partial charge in [0.25, 0.3) is 5.91 Å². The number of nitrogens with two attached hydrogens (primary N) is 1. The van der Waals surface area contributed by atoms with Gasteiger partial charge in [-0.15, -0.1) is 0 Å². The van der Waals surface area contributed by atoms with E-state index in [4.69, 9.17) is 10.5 Å². The van der Waals surface area contributed by atoms with E-state index in [9.17, 15) is 9.59 Å². The van der Waals surface area contributed by atoms with E-state index in [-0.39, 0.29) is 11.8 Å². The molecule has 1 aliphatic rings. The Balaban J connectivity index is 1.72. The van der Waals surface area contributed by atoms with Crippen LogP contribution >= 0.6 is 0 Å². The van der Waals surface area contributed by atoms with E-state index in [0.717, 1.165) is 19.3 Å². The summed E-state index contributed by atoms with van der Waals surface area (Å²) < 4.78 is 5.81. The first-order chi connectivity index (χ1) is 12.6. The van der Waals surface area contributed by atoms with Crippen molar-refractivity contribution < 1.29 is 14.3 Å². The molecule has 2 N–H and O–H groups in total. The summed E-state index contributed by atoms with van der Waals surface area (Å²) in [5, 5.41) is 0. The van der Waals surface area contributed by atoms with Crippen molar-refractivity contribution in [3.05, 3.63) is 54.2 Å². The van der Waals surface area contributed by atoms with E-state index in [1.807, 2.05) is 35.2 Å². The molecule has 0 aliphatic carbocycles. The second-order valence-electron chi connectivity index (χ2n) is 6.54. The number of pyridine rings is 1. The van der Waals surface area contributed by atoms with Gasteiger partial charge in [-0.3, -0.25) is 9.59 Å². The standard InChI is InChI=1S/C20H23N3O3/c21-18(24)11-10-15-6-5-13-23(14-15)20(25)17-9-4-12-22-19(17)26-16-7-2-1-3-8-16/h1-4,7-9,12,15H,5-6,10-11,13-14H2,(H2,21,24). The number of primary amides is 1. The Labute approximate surface area is 153 Å². The van der Waals surface area contributed by atoms with Crippen LogP contribution in [0.25, 0.3) is 0 Å². The summed E-state index contributed by atoms with van der Waals surface area (Å²) in [5.41, 5.74) is 5.69. The lowest BCUT2D eigenvalue weighted by molar-refractivity contribution is -0.118. The third-order valence-corrected chi connectivity index (χ3v) is 4.56. The van der Waals surface area contributed by atoms with Gasteiger partial charge in [-0.25, -0.2) is 4.98 Å². The summed E-state index contributed by atoms with van der Waals surface area (Å²) in [6, 6.07) is 12.8. The minimum Gasteiger partial charge on any atom is -0.438 e. The largest absolute Gasteiger partial charge is 0.438 e. The minimum absolute atomic E-state index is 0.0900. The first kappa shape index (κ1) is 17.9. The van der Waals surface area contributed by atoms with Crippen molar-refractivity contribution >= 4 is 11.8 Å². The molecule has 1 aliphatic heterocycles. The average molecular weight is 353 g/mol. The monoisotopic (exact) mass is 353 g/mol. The minimum atomic E-state index is -0.292. The van der Waals surface area contributed by atoms with Gasteiger partial charge in [-0.1, -0.05) is 18.2 Å². The molecule has 0 saturated carbocycles. The van der Waals surface area contributed by atoms with E-state index in [1.165, 1.54) is 0 Å². The molecule has 136 valence electrons. The molecule has 2 amide bonds. The molecule has 6 heteroatoms. The molecule has 1 aromatic carbocycles. The molecule has 0 bridgehead atoms. The summed E-state index contributed by atoms with van der Waals surface area (Å²) in [5.74, 6) is 0.864. The number of nitrogens with zero attached hydrogens (tertiary/aromatic N) is 2. The first-order valence-corrected chi connectivity index (χ1v) is 8.89. The number of amides is 2. The third-order valence-electron chi connectivity index (χ3n) is 4.56. The maximum absolute atomic E-state index is 13.0. The van der Waals surface area contributed by atoms with Crippen LogP contribution in [0.15, 0.2) is 48.7 Å². The molecule has 1 aromatic heterocycles. The van der Waals surface area contributed by atoms with Crippen LogP contribution in [0.5, 0.6) is 11.6 Å². The number of hydrogen-bond acceptors (Lipinski definition) is 4. The highest BCUT2D eigenvalue weighted by Crippen LogP contribution is 2.27. The molecular formula is C20H23N3O3. The van der Waals surface area contributed by atoms with Crippen molar-refractivity contribution in [2.45, 2.75) is 25.7 Å². The van der Waals surface area contributed by atoms with Crippen LogP contribution in [-0.2, 0) is 4.79 Å². The van der Waals surface area contributed by atoms with E-state index in [1.54, 1.807) is 18.3 Å². The molecule has 1 fully saturated rings. The van der Waals surface area contributed by atoms with E-state index in [0.29, 0.717) is 42.6 Å². The fourth-order valence-corrected chi connectivity index (χ4v) is 3.24. The molecule has 0 radical (unpaired) electrons. The van der Waals surface area contributed by atoms with Crippen LogP contribution in [0.1, 0.15) is 36.0 Å². The number of para-hydroxylation sites is 1. The molecule has 6 nitrogen and oxygen atoms in total. The fourth-order valence-electron chi connectivity index (χ4n) is 3.24. The van der Waals surface area contributed by atoms with Crippen molar-refractivity contribution in [2.24, 2.45) is 11.7 Å². The summed E-state index contributed by atoms with van der Waals surface area (Å²) in [7, 11) is 0. The number of benzene rings is 1. The molecule has 3 rings (SSSR count). The molecule has 0 spiro atoms. The summed E-state index contributed by atoms with van der Waals surface area (Å²) >= 11 is 0. The second-order valence-corrected chi connectivity index (χ2v) is 6.54. The molecule has 2 heterocycles. The lowest BCUT2D eigenvalue weighted by Gasteiger charge is -2.33. The Morgan fingerprint density at radius 3 is 2.77 bits per heavy atom. The molecule has 1 saturated heterocycles. The Hall–Kier alpha value is -2.89. The van der Waals surface area contributed by atoms with Gasteiger partial charge in [0.1, 0.15) is 11.3 Å². The predicted octanol–water partition coefficient (Wildman–Crippen LogP) is 2.99. The van der Waals surface area contributed by atoms with Gasteiger partial charge in [0.05, 0.1) is 0 Å². The Kier molecular flexibility index (Phi) is 5.84. The average Bonchev–Trinajstić information content (AvgIpc) is 2.67. The SMILES string of the molecule is NC(=O)CCC1CCCN(C(=O)c2cccnc2Oc2ccccc2)C1. The van der Waals surface area contributed by atoms with E-state index < -0.39 is 0 Å². The van der Waals surface area contributed by atoms with Gasteiger partial charge in [-0.05, 0) is 49.4 Å². The second kappa shape index (κ2) is 8.47.